The molecule has 4 heteroatoms. The SMILES string of the molecule is CCCCc1ccc2c(c1)C1(C)C=CC(C)C3=C1C1(C)C(=C4c5ccccc5SC43C)B3c4c(cc(C)cc4N21)-c1ccc(-c2ccccc2)cc1N3c1ccccc1. The van der Waals surface area contributed by atoms with Crippen LogP contribution in [0.1, 0.15) is 69.7 Å². The average Bonchev–Trinajstić information content (AvgIpc) is 3.56. The van der Waals surface area contributed by atoms with E-state index in [1.54, 1.807) is 11.1 Å². The molecule has 4 atom stereocenters. The van der Waals surface area contributed by atoms with Gasteiger partial charge in [0.2, 0.25) is 0 Å². The largest absolute Gasteiger partial charge is 0.377 e. The molecule has 0 spiro atoms. The fourth-order valence-corrected chi connectivity index (χ4v) is 14.2. The summed E-state index contributed by atoms with van der Waals surface area (Å²) in [4.78, 5) is 6.98. The fourth-order valence-electron chi connectivity index (χ4n) is 12.6. The molecule has 2 aliphatic carbocycles. The zero-order valence-corrected chi connectivity index (χ0v) is 35.8. The van der Waals surface area contributed by atoms with Crippen LogP contribution in [0.4, 0.5) is 22.7 Å². The lowest BCUT2D eigenvalue weighted by Gasteiger charge is -2.66. The minimum atomic E-state index is -0.460. The minimum Gasteiger partial charge on any atom is -0.377 e. The average molecular weight is 781 g/mol. The molecule has 12 rings (SSSR count). The summed E-state index contributed by atoms with van der Waals surface area (Å²) in [5.74, 6) is 0.296. The van der Waals surface area contributed by atoms with Gasteiger partial charge in [-0.1, -0.05) is 129 Å². The summed E-state index contributed by atoms with van der Waals surface area (Å²) in [7, 11) is 0. The highest BCUT2D eigenvalue weighted by molar-refractivity contribution is 8.01. The number of rotatable bonds is 5. The Morgan fingerprint density at radius 3 is 2.27 bits per heavy atom. The molecule has 0 N–H and O–H groups in total. The van der Waals surface area contributed by atoms with E-state index >= 15 is 0 Å². The van der Waals surface area contributed by atoms with E-state index in [1.165, 1.54) is 102 Å². The zero-order chi connectivity index (χ0) is 40.0. The second-order valence-electron chi connectivity index (χ2n) is 18.4. The standard InChI is InChI=1S/C55H49BN2S/c1-7-8-17-36-24-27-44-43(32-36)53(4)29-28-35(3)48-51(53)54(5)52(49-41-22-15-16-23-47(41)59-55(48,49)6)56-50-42(30-34(2)31-46(50)57(44)54)40-26-25-38(37-18-11-9-12-19-37)33-45(40)58(56)39-20-13-10-14-21-39/h9-16,18-33,35H,7-8,17H2,1-6H3. The Morgan fingerprint density at radius 2 is 1.47 bits per heavy atom. The van der Waals surface area contributed by atoms with Crippen LogP contribution < -0.4 is 15.2 Å². The van der Waals surface area contributed by atoms with Crippen molar-refractivity contribution in [2.45, 2.75) is 81.4 Å². The Balaban J connectivity index is 1.27. The van der Waals surface area contributed by atoms with Crippen molar-refractivity contribution in [3.63, 3.8) is 0 Å². The predicted molar refractivity (Wildman–Crippen MR) is 252 cm³/mol. The lowest BCUT2D eigenvalue weighted by molar-refractivity contribution is 0.461. The minimum absolute atomic E-state index is 0.0475. The Kier molecular flexibility index (Phi) is 7.40. The first-order chi connectivity index (χ1) is 28.7. The Morgan fingerprint density at radius 1 is 0.712 bits per heavy atom. The van der Waals surface area contributed by atoms with Gasteiger partial charge in [0.1, 0.15) is 0 Å². The van der Waals surface area contributed by atoms with Crippen molar-refractivity contribution in [3.8, 4) is 22.3 Å². The summed E-state index contributed by atoms with van der Waals surface area (Å²) in [6.07, 6.45) is 8.66. The van der Waals surface area contributed by atoms with Crippen LogP contribution in [0.15, 0.2) is 167 Å². The van der Waals surface area contributed by atoms with Gasteiger partial charge in [-0.25, -0.2) is 0 Å². The second kappa shape index (κ2) is 12.3. The number of para-hydroxylation sites is 1. The molecule has 6 aromatic rings. The third kappa shape index (κ3) is 4.51. The Labute approximate surface area is 354 Å². The van der Waals surface area contributed by atoms with Crippen LogP contribution in [0, 0.1) is 12.8 Å². The van der Waals surface area contributed by atoms with Gasteiger partial charge in [0.15, 0.2) is 0 Å². The Hall–Kier alpha value is -5.45. The molecular formula is C55H49BN2S. The zero-order valence-electron chi connectivity index (χ0n) is 34.9. The smallest absolute Gasteiger partial charge is 0.329 e. The van der Waals surface area contributed by atoms with E-state index in [0.29, 0.717) is 5.92 Å². The predicted octanol–water partition coefficient (Wildman–Crippen LogP) is 13.6. The summed E-state index contributed by atoms with van der Waals surface area (Å²) in [5.41, 5.74) is 22.8. The highest BCUT2D eigenvalue weighted by Crippen LogP contribution is 2.72. The third-order valence-electron chi connectivity index (χ3n) is 14.9. The van der Waals surface area contributed by atoms with E-state index in [9.17, 15) is 0 Å². The van der Waals surface area contributed by atoms with Crippen LogP contribution in [0.5, 0.6) is 0 Å². The molecule has 6 aromatic carbocycles. The van der Waals surface area contributed by atoms with E-state index in [4.69, 9.17) is 0 Å². The van der Waals surface area contributed by atoms with Crippen molar-refractivity contribution in [3.05, 3.63) is 184 Å². The van der Waals surface area contributed by atoms with E-state index in [2.05, 4.69) is 209 Å². The summed E-state index contributed by atoms with van der Waals surface area (Å²) < 4.78 is -0.251. The first-order valence-electron chi connectivity index (χ1n) is 21.8. The molecular weight excluding hydrogens is 731 g/mol. The van der Waals surface area contributed by atoms with Gasteiger partial charge in [-0.15, -0.1) is 11.8 Å². The van der Waals surface area contributed by atoms with Crippen molar-refractivity contribution in [2.75, 3.05) is 9.71 Å². The van der Waals surface area contributed by atoms with Crippen molar-refractivity contribution >= 4 is 52.4 Å². The van der Waals surface area contributed by atoms with Crippen molar-refractivity contribution in [2.24, 2.45) is 5.92 Å². The van der Waals surface area contributed by atoms with Gasteiger partial charge in [-0.3, -0.25) is 0 Å². The molecule has 4 aliphatic heterocycles. The van der Waals surface area contributed by atoms with Crippen LogP contribution in [0.3, 0.4) is 0 Å². The van der Waals surface area contributed by atoms with Gasteiger partial charge < -0.3 is 9.71 Å². The molecule has 4 heterocycles. The number of anilines is 4. The topological polar surface area (TPSA) is 6.48 Å². The van der Waals surface area contributed by atoms with E-state index in [1.807, 2.05) is 0 Å². The number of aryl methyl sites for hydroxylation is 2. The maximum atomic E-state index is 2.84. The van der Waals surface area contributed by atoms with E-state index in [0.717, 1.165) is 6.42 Å². The lowest BCUT2D eigenvalue weighted by atomic mass is 9.34. The van der Waals surface area contributed by atoms with Crippen LogP contribution in [0.2, 0.25) is 0 Å². The number of nitrogens with zero attached hydrogens (tertiary/aromatic N) is 2. The molecule has 0 radical (unpaired) electrons. The first-order valence-corrected chi connectivity index (χ1v) is 22.6. The highest BCUT2D eigenvalue weighted by atomic mass is 32.2. The quantitative estimate of drug-likeness (QED) is 0.127. The van der Waals surface area contributed by atoms with E-state index in [-0.39, 0.29) is 17.0 Å². The number of hydrogen-bond acceptors (Lipinski definition) is 3. The molecule has 4 unspecified atom stereocenters. The molecule has 0 amide bonds. The van der Waals surface area contributed by atoms with Gasteiger partial charge in [0, 0.05) is 38.6 Å². The van der Waals surface area contributed by atoms with Gasteiger partial charge in [-0.2, -0.15) is 0 Å². The maximum Gasteiger partial charge on any atom is 0.329 e. The number of allylic oxidation sites excluding steroid dienone is 2. The number of unbranched alkanes of at least 4 members (excludes halogenated alkanes) is 1. The van der Waals surface area contributed by atoms with Crippen LogP contribution >= 0.6 is 11.8 Å². The fraction of sp³-hybridized carbons (Fsp3) is 0.236. The van der Waals surface area contributed by atoms with Crippen LogP contribution in [-0.4, -0.2) is 17.1 Å². The van der Waals surface area contributed by atoms with Crippen molar-refractivity contribution in [1.82, 2.24) is 0 Å². The summed E-state index contributed by atoms with van der Waals surface area (Å²) in [5, 5.41) is 0. The molecule has 6 aliphatic rings. The molecule has 0 aromatic heterocycles. The molecule has 2 nitrogen and oxygen atoms in total. The third-order valence-corrected chi connectivity index (χ3v) is 16.3. The van der Waals surface area contributed by atoms with Crippen LogP contribution in [-0.2, 0) is 11.8 Å². The van der Waals surface area contributed by atoms with Crippen molar-refractivity contribution < 1.29 is 0 Å². The van der Waals surface area contributed by atoms with E-state index < -0.39 is 5.54 Å². The molecule has 0 saturated heterocycles. The molecule has 0 bridgehead atoms. The second-order valence-corrected chi connectivity index (χ2v) is 19.8. The lowest BCUT2D eigenvalue weighted by Crippen LogP contribution is -2.71. The first kappa shape index (κ1) is 35.5. The number of thioether (sulfide) groups is 1. The maximum absolute atomic E-state index is 2.84. The number of benzene rings is 6. The monoisotopic (exact) mass is 780 g/mol. The van der Waals surface area contributed by atoms with Crippen LogP contribution in [0.25, 0.3) is 27.8 Å². The van der Waals surface area contributed by atoms with Gasteiger partial charge in [0.25, 0.3) is 0 Å². The number of fused-ring (bicyclic) bond motifs is 11. The van der Waals surface area contributed by atoms with Crippen molar-refractivity contribution in [1.29, 1.82) is 0 Å². The summed E-state index contributed by atoms with van der Waals surface area (Å²) >= 11 is 2.10. The molecule has 0 saturated carbocycles. The summed E-state index contributed by atoms with van der Waals surface area (Å²) in [6, 6.07) is 51.3. The normalized spacial score (nSPS) is 25.0. The highest BCUT2D eigenvalue weighted by Gasteiger charge is 2.68. The Bertz CT molecular complexity index is 2890. The molecule has 288 valence electrons. The summed E-state index contributed by atoms with van der Waals surface area (Å²) in [6.45, 7) is 14.8. The molecule has 0 fully saturated rings. The molecule has 59 heavy (non-hydrogen) atoms. The number of hydrogen-bond donors (Lipinski definition) is 0. The van der Waals surface area contributed by atoms with Gasteiger partial charge >= 0.3 is 6.85 Å². The van der Waals surface area contributed by atoms with Gasteiger partial charge in [-0.05, 0) is 149 Å². The van der Waals surface area contributed by atoms with Gasteiger partial charge in [0.05, 0.1) is 10.3 Å².